The molecule has 4 rings (SSSR count). The number of hydrogen-bond donors (Lipinski definition) is 0. The lowest BCUT2D eigenvalue weighted by Gasteiger charge is -2.38. The molecule has 2 aliphatic heterocycles. The van der Waals surface area contributed by atoms with Crippen LogP contribution in [0.15, 0.2) is 51.3 Å². The highest BCUT2D eigenvalue weighted by Gasteiger charge is 2.33. The smallest absolute Gasteiger partial charge is 0.284 e. The summed E-state index contributed by atoms with van der Waals surface area (Å²) in [5.41, 5.74) is 3.10. The number of fused-ring (bicyclic) bond motifs is 3. The second-order valence-corrected chi connectivity index (χ2v) is 9.19. The summed E-state index contributed by atoms with van der Waals surface area (Å²) in [6, 6.07) is 12.0. The van der Waals surface area contributed by atoms with E-state index >= 15 is 0 Å². The first kappa shape index (κ1) is 21.2. The van der Waals surface area contributed by atoms with E-state index in [-0.39, 0.29) is 4.90 Å². The summed E-state index contributed by atoms with van der Waals surface area (Å²) in [6.07, 6.45) is 1.41. The minimum absolute atomic E-state index is 0.0351. The maximum atomic E-state index is 12.9. The Morgan fingerprint density at radius 2 is 1.84 bits per heavy atom. The second kappa shape index (κ2) is 8.25. The van der Waals surface area contributed by atoms with Gasteiger partial charge >= 0.3 is 0 Å². The largest absolute Gasteiger partial charge is 0.493 e. The van der Waals surface area contributed by atoms with Crippen LogP contribution >= 0.6 is 11.6 Å². The number of hydrogen-bond acceptors (Lipinski definition) is 5. The molecule has 0 saturated carbocycles. The maximum absolute atomic E-state index is 12.9. The fourth-order valence-electron chi connectivity index (χ4n) is 3.93. The van der Waals surface area contributed by atoms with E-state index in [9.17, 15) is 13.7 Å². The van der Waals surface area contributed by atoms with Gasteiger partial charge in [-0.1, -0.05) is 17.7 Å². The lowest BCUT2D eigenvalue weighted by atomic mass is 9.89. The van der Waals surface area contributed by atoms with Crippen molar-refractivity contribution in [2.75, 3.05) is 20.8 Å². The zero-order chi connectivity index (χ0) is 22.2. The van der Waals surface area contributed by atoms with Crippen LogP contribution in [0.25, 0.3) is 5.70 Å². The van der Waals surface area contributed by atoms with Gasteiger partial charge in [-0.15, -0.1) is 4.40 Å². The Morgan fingerprint density at radius 3 is 2.52 bits per heavy atom. The summed E-state index contributed by atoms with van der Waals surface area (Å²) < 4.78 is 40.8. The van der Waals surface area contributed by atoms with Crippen molar-refractivity contribution in [2.24, 2.45) is 4.40 Å². The van der Waals surface area contributed by atoms with Crippen molar-refractivity contribution in [3.8, 4) is 17.6 Å². The number of allylic oxidation sites excluding steroid dienone is 1. The topological polar surface area (TPSA) is 92.0 Å². The van der Waals surface area contributed by atoms with E-state index in [1.165, 1.54) is 12.1 Å². The molecule has 0 bridgehead atoms. The molecule has 0 atom stereocenters. The van der Waals surface area contributed by atoms with E-state index in [0.29, 0.717) is 59.4 Å². The molecule has 160 valence electrons. The van der Waals surface area contributed by atoms with Gasteiger partial charge in [0, 0.05) is 23.6 Å². The van der Waals surface area contributed by atoms with Gasteiger partial charge in [-0.05, 0) is 48.7 Å². The third-order valence-corrected chi connectivity index (χ3v) is 6.93. The number of halogens is 1. The molecule has 7 nitrogen and oxygen atoms in total. The lowest BCUT2D eigenvalue weighted by molar-refractivity contribution is 0.353. The third kappa shape index (κ3) is 3.87. The third-order valence-electron chi connectivity index (χ3n) is 5.39. The highest BCUT2D eigenvalue weighted by Crippen LogP contribution is 2.42. The quantitative estimate of drug-likeness (QED) is 0.688. The zero-order valence-electron chi connectivity index (χ0n) is 17.1. The summed E-state index contributed by atoms with van der Waals surface area (Å²) in [7, 11) is -0.820. The van der Waals surface area contributed by atoms with Crippen LogP contribution in [0.4, 0.5) is 0 Å². The van der Waals surface area contributed by atoms with Crippen LogP contribution in [0.3, 0.4) is 0 Å². The number of rotatable bonds is 4. The Morgan fingerprint density at radius 1 is 1.10 bits per heavy atom. The fraction of sp³-hybridized carbons (Fsp3) is 0.273. The molecule has 31 heavy (non-hydrogen) atoms. The summed E-state index contributed by atoms with van der Waals surface area (Å²) in [5, 5.41) is 10.1. The molecule has 0 radical (unpaired) electrons. The number of amidine groups is 1. The van der Waals surface area contributed by atoms with Crippen LogP contribution in [-0.4, -0.2) is 39.9 Å². The van der Waals surface area contributed by atoms with Gasteiger partial charge in [0.2, 0.25) is 0 Å². The Bertz CT molecular complexity index is 1260. The Kier molecular flexibility index (Phi) is 5.65. The summed E-state index contributed by atoms with van der Waals surface area (Å²) >= 11 is 5.96. The minimum Gasteiger partial charge on any atom is -0.493 e. The lowest BCUT2D eigenvalue weighted by Crippen LogP contribution is -2.38. The zero-order valence-corrected chi connectivity index (χ0v) is 18.6. The molecule has 0 spiro atoms. The van der Waals surface area contributed by atoms with Crippen molar-refractivity contribution in [3.05, 3.63) is 58.1 Å². The second-order valence-electron chi connectivity index (χ2n) is 7.14. The van der Waals surface area contributed by atoms with E-state index in [4.69, 9.17) is 21.1 Å². The van der Waals surface area contributed by atoms with Crippen LogP contribution in [0.1, 0.15) is 24.0 Å². The van der Waals surface area contributed by atoms with E-state index in [2.05, 4.69) is 10.5 Å². The Balaban J connectivity index is 1.82. The minimum atomic E-state index is -3.95. The molecule has 2 heterocycles. The maximum Gasteiger partial charge on any atom is 0.284 e. The van der Waals surface area contributed by atoms with Crippen molar-refractivity contribution in [1.29, 1.82) is 5.26 Å². The highest BCUT2D eigenvalue weighted by molar-refractivity contribution is 7.90. The van der Waals surface area contributed by atoms with E-state index in [1.807, 2.05) is 17.0 Å². The molecule has 0 fully saturated rings. The van der Waals surface area contributed by atoms with Crippen molar-refractivity contribution in [1.82, 2.24) is 4.90 Å². The number of nitrogens with zero attached hydrogens (tertiary/aromatic N) is 3. The summed E-state index contributed by atoms with van der Waals surface area (Å²) in [5.74, 6) is 1.57. The predicted molar refractivity (Wildman–Crippen MR) is 118 cm³/mol. The summed E-state index contributed by atoms with van der Waals surface area (Å²) in [4.78, 5) is 1.87. The fourth-order valence-corrected chi connectivity index (χ4v) is 5.29. The van der Waals surface area contributed by atoms with Crippen LogP contribution in [0.2, 0.25) is 5.02 Å². The number of methoxy groups -OCH3 is 2. The van der Waals surface area contributed by atoms with Crippen LogP contribution in [-0.2, 0) is 16.4 Å². The number of sulfonamides is 1. The molecule has 0 amide bonds. The monoisotopic (exact) mass is 457 g/mol. The predicted octanol–water partition coefficient (Wildman–Crippen LogP) is 4.03. The number of ether oxygens (including phenoxy) is 2. The van der Waals surface area contributed by atoms with Gasteiger partial charge in [-0.2, -0.15) is 13.7 Å². The first-order valence-corrected chi connectivity index (χ1v) is 11.4. The van der Waals surface area contributed by atoms with Gasteiger partial charge in [-0.25, -0.2) is 0 Å². The van der Waals surface area contributed by atoms with Crippen LogP contribution < -0.4 is 9.47 Å². The van der Waals surface area contributed by atoms with E-state index < -0.39 is 10.0 Å². The molecule has 9 heteroatoms. The highest BCUT2D eigenvalue weighted by atomic mass is 35.5. The van der Waals surface area contributed by atoms with Crippen molar-refractivity contribution < 1.29 is 17.9 Å². The van der Waals surface area contributed by atoms with Gasteiger partial charge in [0.05, 0.1) is 36.5 Å². The van der Waals surface area contributed by atoms with Crippen LogP contribution in [0, 0.1) is 11.3 Å². The van der Waals surface area contributed by atoms with Crippen LogP contribution in [0.5, 0.6) is 11.5 Å². The van der Waals surface area contributed by atoms with E-state index in [1.54, 1.807) is 26.4 Å². The molecular formula is C22H20ClN3O4S. The molecule has 2 aromatic rings. The van der Waals surface area contributed by atoms with Gasteiger partial charge in [0.1, 0.15) is 5.84 Å². The Labute approximate surface area is 186 Å². The molecule has 0 aliphatic carbocycles. The normalized spacial score (nSPS) is 17.1. The number of benzene rings is 2. The first-order chi connectivity index (χ1) is 14.9. The Hall–Kier alpha value is -3.02. The van der Waals surface area contributed by atoms with Gasteiger partial charge < -0.3 is 14.4 Å². The average molecular weight is 458 g/mol. The molecule has 0 N–H and O–H groups in total. The first-order valence-electron chi connectivity index (χ1n) is 9.63. The number of nitriles is 1. The van der Waals surface area contributed by atoms with Gasteiger partial charge in [-0.3, -0.25) is 0 Å². The van der Waals surface area contributed by atoms with Crippen molar-refractivity contribution >= 4 is 33.2 Å². The van der Waals surface area contributed by atoms with Gasteiger partial charge in [0.25, 0.3) is 10.0 Å². The van der Waals surface area contributed by atoms with E-state index in [0.717, 1.165) is 11.1 Å². The summed E-state index contributed by atoms with van der Waals surface area (Å²) in [6.45, 7) is 0.507. The molecule has 0 aromatic heterocycles. The van der Waals surface area contributed by atoms with Crippen molar-refractivity contribution in [2.45, 2.75) is 24.2 Å². The SMILES string of the molecule is COc1cc2c(cc1OC)C1=C(C#N)CC/C(=N\S(=O)(=O)c3cccc(Cl)c3)N1CC2. The van der Waals surface area contributed by atoms with Gasteiger partial charge in [0.15, 0.2) is 11.5 Å². The molecule has 0 saturated heterocycles. The molecular weight excluding hydrogens is 438 g/mol. The molecule has 2 aromatic carbocycles. The van der Waals surface area contributed by atoms with Crippen molar-refractivity contribution in [3.63, 3.8) is 0 Å². The molecule has 2 aliphatic rings. The standard InChI is InChI=1S/C22H20ClN3O4S/c1-29-19-10-14-8-9-26-21(25-31(27,28)17-5-3-4-16(23)11-17)7-6-15(13-24)22(26)18(14)12-20(19)30-2/h3-5,10-12H,6-9H2,1-2H3/b25-21+. The molecule has 0 unspecified atom stereocenters. The average Bonchev–Trinajstić information content (AvgIpc) is 2.77.